The van der Waals surface area contributed by atoms with Crippen LogP contribution in [0.4, 0.5) is 0 Å². The van der Waals surface area contributed by atoms with Gasteiger partial charge in [0, 0.05) is 13.5 Å². The standard InChI is InChI=1S/C13H19NO2/c1-9(8-15-2)16-12-7-10-5-3-4-6-11(10)13(12)14/h3-6,9,12-13H,7-8,14H2,1-2H3. The Morgan fingerprint density at radius 2 is 2.19 bits per heavy atom. The zero-order valence-electron chi connectivity index (χ0n) is 9.85. The van der Waals surface area contributed by atoms with E-state index in [2.05, 4.69) is 12.1 Å². The average molecular weight is 221 g/mol. The van der Waals surface area contributed by atoms with Gasteiger partial charge in [-0.25, -0.2) is 0 Å². The molecule has 2 rings (SSSR count). The van der Waals surface area contributed by atoms with Crippen molar-refractivity contribution >= 4 is 0 Å². The summed E-state index contributed by atoms with van der Waals surface area (Å²) in [5, 5.41) is 0. The maximum atomic E-state index is 6.17. The molecule has 3 nitrogen and oxygen atoms in total. The van der Waals surface area contributed by atoms with Crippen LogP contribution < -0.4 is 5.73 Å². The van der Waals surface area contributed by atoms with Crippen molar-refractivity contribution in [3.63, 3.8) is 0 Å². The molecule has 2 N–H and O–H groups in total. The third-order valence-electron chi connectivity index (χ3n) is 3.04. The van der Waals surface area contributed by atoms with Crippen LogP contribution in [0, 0.1) is 0 Å². The van der Waals surface area contributed by atoms with Gasteiger partial charge in [-0.3, -0.25) is 0 Å². The van der Waals surface area contributed by atoms with Crippen LogP contribution in [0.1, 0.15) is 24.1 Å². The molecule has 0 saturated carbocycles. The van der Waals surface area contributed by atoms with E-state index in [0.29, 0.717) is 6.61 Å². The summed E-state index contributed by atoms with van der Waals surface area (Å²) in [5.41, 5.74) is 8.70. The molecule has 0 spiro atoms. The topological polar surface area (TPSA) is 44.5 Å². The Morgan fingerprint density at radius 1 is 1.44 bits per heavy atom. The lowest BCUT2D eigenvalue weighted by Crippen LogP contribution is -2.30. The third-order valence-corrected chi connectivity index (χ3v) is 3.04. The highest BCUT2D eigenvalue weighted by molar-refractivity contribution is 5.36. The first-order valence-electron chi connectivity index (χ1n) is 5.70. The molecule has 88 valence electrons. The zero-order chi connectivity index (χ0) is 11.5. The second-order valence-corrected chi connectivity index (χ2v) is 4.37. The summed E-state index contributed by atoms with van der Waals surface area (Å²) in [7, 11) is 1.68. The summed E-state index contributed by atoms with van der Waals surface area (Å²) in [6.07, 6.45) is 1.09. The van der Waals surface area contributed by atoms with Gasteiger partial charge in [-0.1, -0.05) is 24.3 Å². The molecule has 16 heavy (non-hydrogen) atoms. The first-order chi connectivity index (χ1) is 7.72. The van der Waals surface area contributed by atoms with E-state index in [1.54, 1.807) is 7.11 Å². The number of rotatable bonds is 4. The van der Waals surface area contributed by atoms with Crippen LogP contribution in [0.5, 0.6) is 0 Å². The molecule has 0 radical (unpaired) electrons. The van der Waals surface area contributed by atoms with Crippen LogP contribution in [0.2, 0.25) is 0 Å². The minimum absolute atomic E-state index is 0.00416. The van der Waals surface area contributed by atoms with Gasteiger partial charge in [0.05, 0.1) is 24.9 Å². The molecule has 0 saturated heterocycles. The number of ether oxygens (including phenoxy) is 2. The van der Waals surface area contributed by atoms with Gasteiger partial charge >= 0.3 is 0 Å². The lowest BCUT2D eigenvalue weighted by molar-refractivity contribution is -0.0437. The number of hydrogen-bond acceptors (Lipinski definition) is 3. The molecule has 1 aromatic rings. The predicted octanol–water partition coefficient (Wildman–Crippen LogP) is 1.66. The van der Waals surface area contributed by atoms with Crippen molar-refractivity contribution in [2.24, 2.45) is 5.73 Å². The second kappa shape index (κ2) is 4.95. The van der Waals surface area contributed by atoms with Crippen LogP contribution in [-0.2, 0) is 15.9 Å². The summed E-state index contributed by atoms with van der Waals surface area (Å²) in [5.74, 6) is 0. The monoisotopic (exact) mass is 221 g/mol. The highest BCUT2D eigenvalue weighted by Crippen LogP contribution is 2.31. The lowest BCUT2D eigenvalue weighted by atomic mass is 10.1. The normalized spacial score (nSPS) is 25.4. The van der Waals surface area contributed by atoms with E-state index < -0.39 is 0 Å². The fourth-order valence-corrected chi connectivity index (χ4v) is 2.29. The highest BCUT2D eigenvalue weighted by Gasteiger charge is 2.31. The van der Waals surface area contributed by atoms with E-state index in [1.165, 1.54) is 11.1 Å². The van der Waals surface area contributed by atoms with Crippen molar-refractivity contribution in [3.8, 4) is 0 Å². The molecule has 0 bridgehead atoms. The smallest absolute Gasteiger partial charge is 0.0812 e. The SMILES string of the molecule is COCC(C)OC1Cc2ccccc2C1N. The van der Waals surface area contributed by atoms with Crippen LogP contribution >= 0.6 is 0 Å². The Hall–Kier alpha value is -0.900. The van der Waals surface area contributed by atoms with E-state index >= 15 is 0 Å². The van der Waals surface area contributed by atoms with Crippen molar-refractivity contribution < 1.29 is 9.47 Å². The van der Waals surface area contributed by atoms with Gasteiger partial charge in [0.15, 0.2) is 0 Å². The highest BCUT2D eigenvalue weighted by atomic mass is 16.5. The Balaban J connectivity index is 2.01. The molecule has 0 fully saturated rings. The summed E-state index contributed by atoms with van der Waals surface area (Å²) < 4.78 is 11.0. The van der Waals surface area contributed by atoms with Gasteiger partial charge in [-0.05, 0) is 18.1 Å². The van der Waals surface area contributed by atoms with Crippen molar-refractivity contribution in [3.05, 3.63) is 35.4 Å². The summed E-state index contributed by atoms with van der Waals surface area (Å²) in [6.45, 7) is 2.62. The summed E-state index contributed by atoms with van der Waals surface area (Å²) in [4.78, 5) is 0. The Bertz CT molecular complexity index is 354. The Kier molecular flexibility index (Phi) is 3.59. The fourth-order valence-electron chi connectivity index (χ4n) is 2.29. The van der Waals surface area contributed by atoms with Gasteiger partial charge in [0.25, 0.3) is 0 Å². The number of hydrogen-bond donors (Lipinski definition) is 1. The predicted molar refractivity (Wildman–Crippen MR) is 63.3 cm³/mol. The number of fused-ring (bicyclic) bond motifs is 1. The van der Waals surface area contributed by atoms with Gasteiger partial charge < -0.3 is 15.2 Å². The van der Waals surface area contributed by atoms with E-state index in [4.69, 9.17) is 15.2 Å². The average Bonchev–Trinajstić information content (AvgIpc) is 2.57. The maximum absolute atomic E-state index is 6.17. The first kappa shape index (κ1) is 11.6. The van der Waals surface area contributed by atoms with Crippen molar-refractivity contribution in [2.75, 3.05) is 13.7 Å². The number of nitrogens with two attached hydrogens (primary N) is 1. The van der Waals surface area contributed by atoms with Crippen molar-refractivity contribution in [1.82, 2.24) is 0 Å². The molecule has 0 aliphatic heterocycles. The Morgan fingerprint density at radius 3 is 2.88 bits per heavy atom. The Labute approximate surface area is 96.5 Å². The number of benzene rings is 1. The molecular weight excluding hydrogens is 202 g/mol. The maximum Gasteiger partial charge on any atom is 0.0812 e. The molecule has 1 aliphatic carbocycles. The van der Waals surface area contributed by atoms with E-state index in [-0.39, 0.29) is 18.2 Å². The zero-order valence-corrected chi connectivity index (χ0v) is 9.85. The molecule has 0 aromatic heterocycles. The van der Waals surface area contributed by atoms with Gasteiger partial charge in [0.1, 0.15) is 0 Å². The van der Waals surface area contributed by atoms with Crippen LogP contribution in [-0.4, -0.2) is 25.9 Å². The molecule has 3 atom stereocenters. The first-order valence-corrected chi connectivity index (χ1v) is 5.70. The fraction of sp³-hybridized carbons (Fsp3) is 0.538. The van der Waals surface area contributed by atoms with E-state index in [9.17, 15) is 0 Å². The van der Waals surface area contributed by atoms with Crippen LogP contribution in [0.25, 0.3) is 0 Å². The van der Waals surface area contributed by atoms with Gasteiger partial charge in [-0.2, -0.15) is 0 Å². The molecule has 3 heteroatoms. The van der Waals surface area contributed by atoms with Gasteiger partial charge in [0.2, 0.25) is 0 Å². The van der Waals surface area contributed by atoms with Gasteiger partial charge in [-0.15, -0.1) is 0 Å². The molecule has 3 unspecified atom stereocenters. The molecule has 1 aliphatic rings. The molecule has 1 aromatic carbocycles. The molecular formula is C13H19NO2. The van der Waals surface area contributed by atoms with Crippen molar-refractivity contribution in [2.45, 2.75) is 31.6 Å². The van der Waals surface area contributed by atoms with Crippen LogP contribution in [0.3, 0.4) is 0 Å². The lowest BCUT2D eigenvalue weighted by Gasteiger charge is -2.21. The van der Waals surface area contributed by atoms with E-state index in [1.807, 2.05) is 19.1 Å². The second-order valence-electron chi connectivity index (χ2n) is 4.37. The quantitative estimate of drug-likeness (QED) is 0.841. The minimum atomic E-state index is -0.00416. The largest absolute Gasteiger partial charge is 0.382 e. The number of methoxy groups -OCH3 is 1. The van der Waals surface area contributed by atoms with E-state index in [0.717, 1.165) is 6.42 Å². The summed E-state index contributed by atoms with van der Waals surface area (Å²) in [6, 6.07) is 8.28. The minimum Gasteiger partial charge on any atom is -0.382 e. The summed E-state index contributed by atoms with van der Waals surface area (Å²) >= 11 is 0. The molecule has 0 heterocycles. The third kappa shape index (κ3) is 2.26. The molecule has 0 amide bonds. The van der Waals surface area contributed by atoms with Crippen LogP contribution in [0.15, 0.2) is 24.3 Å². The van der Waals surface area contributed by atoms with Crippen molar-refractivity contribution in [1.29, 1.82) is 0 Å².